The second-order valence-corrected chi connectivity index (χ2v) is 10.2. The zero-order chi connectivity index (χ0) is 23.8. The monoisotopic (exact) mass is 483 g/mol. The standard InChI is InChI=1S/C22H30FN3O6S/c1-16(18-8-4-9-19(12-18)32-14-17-6-2-3-7-17)25-33(29,30)11-5-10-31-15-26-13-20(23)21(27)24-22(26)28/h4,8-9,12-13,16-17,25H,2-3,5-7,10-11,14-15H2,1H3,(H,24,27,28)/t16-/m1/s1. The van der Waals surface area contributed by atoms with Crippen molar-refractivity contribution in [3.05, 3.63) is 62.7 Å². The van der Waals surface area contributed by atoms with Gasteiger partial charge in [-0.1, -0.05) is 25.0 Å². The van der Waals surface area contributed by atoms with Crippen LogP contribution in [0.3, 0.4) is 0 Å². The molecule has 0 aliphatic heterocycles. The number of aromatic nitrogens is 2. The number of benzene rings is 1. The molecule has 1 aromatic heterocycles. The third-order valence-electron chi connectivity index (χ3n) is 5.57. The molecule has 3 rings (SSSR count). The van der Waals surface area contributed by atoms with E-state index in [9.17, 15) is 22.4 Å². The molecule has 0 bridgehead atoms. The Kier molecular flexibility index (Phi) is 8.81. The Bertz CT molecular complexity index is 1140. The van der Waals surface area contributed by atoms with Gasteiger partial charge in [0, 0.05) is 12.6 Å². The van der Waals surface area contributed by atoms with Gasteiger partial charge >= 0.3 is 5.69 Å². The molecule has 33 heavy (non-hydrogen) atoms. The molecule has 1 aromatic carbocycles. The Morgan fingerprint density at radius 3 is 2.79 bits per heavy atom. The van der Waals surface area contributed by atoms with E-state index in [1.807, 2.05) is 29.2 Å². The van der Waals surface area contributed by atoms with Gasteiger partial charge in [-0.2, -0.15) is 4.39 Å². The van der Waals surface area contributed by atoms with Crippen LogP contribution >= 0.6 is 0 Å². The summed E-state index contributed by atoms with van der Waals surface area (Å²) in [6.07, 6.45) is 5.81. The number of nitrogens with one attached hydrogen (secondary N) is 2. The van der Waals surface area contributed by atoms with Crippen molar-refractivity contribution in [3.63, 3.8) is 0 Å². The summed E-state index contributed by atoms with van der Waals surface area (Å²) >= 11 is 0. The van der Waals surface area contributed by atoms with E-state index in [1.54, 1.807) is 6.92 Å². The van der Waals surface area contributed by atoms with Crippen molar-refractivity contribution in [3.8, 4) is 5.75 Å². The molecule has 0 spiro atoms. The average molecular weight is 484 g/mol. The molecule has 11 heteroatoms. The van der Waals surface area contributed by atoms with E-state index >= 15 is 0 Å². The van der Waals surface area contributed by atoms with Gasteiger partial charge in [0.25, 0.3) is 5.56 Å². The normalized spacial score (nSPS) is 15.6. The number of sulfonamides is 1. The fourth-order valence-corrected chi connectivity index (χ4v) is 5.04. The number of hydrogen-bond donors (Lipinski definition) is 2. The van der Waals surface area contributed by atoms with Crippen molar-refractivity contribution in [1.82, 2.24) is 14.3 Å². The molecule has 0 amide bonds. The lowest BCUT2D eigenvalue weighted by atomic mass is 10.1. The molecule has 2 aromatic rings. The summed E-state index contributed by atoms with van der Waals surface area (Å²) in [5.74, 6) is 0.0396. The fraction of sp³-hybridized carbons (Fsp3) is 0.545. The largest absolute Gasteiger partial charge is 0.493 e. The molecular weight excluding hydrogens is 453 g/mol. The lowest BCUT2D eigenvalue weighted by Crippen LogP contribution is -2.32. The first-order valence-electron chi connectivity index (χ1n) is 11.0. The number of nitrogens with zero attached hydrogens (tertiary/aromatic N) is 1. The van der Waals surface area contributed by atoms with Crippen molar-refractivity contribution in [2.24, 2.45) is 5.92 Å². The molecule has 1 aliphatic carbocycles. The Labute approximate surface area is 192 Å². The maximum absolute atomic E-state index is 13.2. The van der Waals surface area contributed by atoms with Crippen molar-refractivity contribution < 1.29 is 22.3 Å². The lowest BCUT2D eigenvalue weighted by Gasteiger charge is -2.17. The maximum Gasteiger partial charge on any atom is 0.330 e. The Hall–Kier alpha value is -2.50. The summed E-state index contributed by atoms with van der Waals surface area (Å²) in [7, 11) is -3.58. The zero-order valence-corrected chi connectivity index (χ0v) is 19.4. The van der Waals surface area contributed by atoms with E-state index in [0.717, 1.165) is 22.1 Å². The quantitative estimate of drug-likeness (QED) is 0.447. The Morgan fingerprint density at radius 2 is 2.03 bits per heavy atom. The summed E-state index contributed by atoms with van der Waals surface area (Å²) in [5.41, 5.74) is -1.11. The highest BCUT2D eigenvalue weighted by Crippen LogP contribution is 2.26. The van der Waals surface area contributed by atoms with Crippen LogP contribution in [0.2, 0.25) is 0 Å². The molecule has 1 saturated carbocycles. The molecule has 1 aliphatic rings. The van der Waals surface area contributed by atoms with Crippen LogP contribution < -0.4 is 20.7 Å². The van der Waals surface area contributed by atoms with Gasteiger partial charge in [-0.3, -0.25) is 14.3 Å². The molecule has 1 heterocycles. The lowest BCUT2D eigenvalue weighted by molar-refractivity contribution is 0.0736. The fourth-order valence-electron chi connectivity index (χ4n) is 3.75. The van der Waals surface area contributed by atoms with Crippen LogP contribution in [0.1, 0.15) is 50.6 Å². The third-order valence-corrected chi connectivity index (χ3v) is 7.11. The highest BCUT2D eigenvalue weighted by atomic mass is 32.2. The zero-order valence-electron chi connectivity index (χ0n) is 18.6. The number of hydrogen-bond acceptors (Lipinski definition) is 6. The molecular formula is C22H30FN3O6S. The van der Waals surface area contributed by atoms with Gasteiger partial charge < -0.3 is 9.47 Å². The summed E-state index contributed by atoms with van der Waals surface area (Å²) in [4.78, 5) is 24.4. The Balaban J connectivity index is 1.43. The maximum atomic E-state index is 13.2. The van der Waals surface area contributed by atoms with Gasteiger partial charge in [0.1, 0.15) is 12.5 Å². The van der Waals surface area contributed by atoms with E-state index in [1.165, 1.54) is 25.7 Å². The summed E-state index contributed by atoms with van der Waals surface area (Å²) < 4.78 is 52.7. The molecule has 1 fully saturated rings. The van der Waals surface area contributed by atoms with Gasteiger partial charge in [-0.15, -0.1) is 0 Å². The van der Waals surface area contributed by atoms with Crippen LogP contribution in [0, 0.1) is 11.7 Å². The van der Waals surface area contributed by atoms with Crippen LogP contribution in [-0.2, 0) is 21.5 Å². The highest BCUT2D eigenvalue weighted by molar-refractivity contribution is 7.89. The molecule has 0 unspecified atom stereocenters. The van der Waals surface area contributed by atoms with Crippen molar-refractivity contribution in [2.45, 2.75) is 51.8 Å². The van der Waals surface area contributed by atoms with Crippen LogP contribution in [-0.4, -0.2) is 36.9 Å². The number of ether oxygens (including phenoxy) is 2. The average Bonchev–Trinajstić information content (AvgIpc) is 3.29. The smallest absolute Gasteiger partial charge is 0.330 e. The molecule has 9 nitrogen and oxygen atoms in total. The first-order chi connectivity index (χ1) is 15.7. The van der Waals surface area contributed by atoms with E-state index in [-0.39, 0.29) is 25.5 Å². The van der Waals surface area contributed by atoms with Gasteiger partial charge in [-0.05, 0) is 49.8 Å². The first kappa shape index (κ1) is 25.1. The van der Waals surface area contributed by atoms with Crippen LogP contribution in [0.4, 0.5) is 4.39 Å². The third kappa shape index (κ3) is 7.79. The van der Waals surface area contributed by atoms with E-state index in [2.05, 4.69) is 4.72 Å². The Morgan fingerprint density at radius 1 is 1.27 bits per heavy atom. The second kappa shape index (κ2) is 11.6. The van der Waals surface area contributed by atoms with Crippen LogP contribution in [0.25, 0.3) is 0 Å². The highest BCUT2D eigenvalue weighted by Gasteiger charge is 2.18. The number of H-pyrrole nitrogens is 1. The van der Waals surface area contributed by atoms with Gasteiger partial charge in [0.15, 0.2) is 0 Å². The van der Waals surface area contributed by atoms with E-state index in [4.69, 9.17) is 9.47 Å². The van der Waals surface area contributed by atoms with E-state index < -0.39 is 33.1 Å². The van der Waals surface area contributed by atoms with Crippen LogP contribution in [0.15, 0.2) is 40.1 Å². The molecule has 0 radical (unpaired) electrons. The minimum Gasteiger partial charge on any atom is -0.493 e. The summed E-state index contributed by atoms with van der Waals surface area (Å²) in [6.45, 7) is 2.18. The molecule has 2 N–H and O–H groups in total. The SMILES string of the molecule is C[C@@H](NS(=O)(=O)CCCOCn1cc(F)c(=O)[nH]c1=O)c1cccc(OCC2CCCC2)c1. The van der Waals surface area contributed by atoms with Crippen molar-refractivity contribution >= 4 is 10.0 Å². The number of halogens is 1. The first-order valence-corrected chi connectivity index (χ1v) is 12.7. The van der Waals surface area contributed by atoms with Gasteiger partial charge in [0.05, 0.1) is 18.6 Å². The minimum atomic E-state index is -3.58. The molecule has 1 atom stereocenters. The summed E-state index contributed by atoms with van der Waals surface area (Å²) in [5, 5.41) is 0. The topological polar surface area (TPSA) is 119 Å². The summed E-state index contributed by atoms with van der Waals surface area (Å²) in [6, 6.07) is 6.98. The molecule has 0 saturated heterocycles. The molecule has 182 valence electrons. The van der Waals surface area contributed by atoms with E-state index in [0.29, 0.717) is 12.5 Å². The number of aromatic amines is 1. The van der Waals surface area contributed by atoms with Gasteiger partial charge in [-0.25, -0.2) is 17.9 Å². The van der Waals surface area contributed by atoms with Gasteiger partial charge in [0.2, 0.25) is 15.8 Å². The number of rotatable bonds is 12. The predicted molar refractivity (Wildman–Crippen MR) is 121 cm³/mol. The predicted octanol–water partition coefficient (Wildman–Crippen LogP) is 2.29. The van der Waals surface area contributed by atoms with Crippen molar-refractivity contribution in [1.29, 1.82) is 0 Å². The second-order valence-electron chi connectivity index (χ2n) is 8.29. The minimum absolute atomic E-state index is 0.0347. The van der Waals surface area contributed by atoms with Crippen molar-refractivity contribution in [2.75, 3.05) is 19.0 Å². The van der Waals surface area contributed by atoms with Crippen LogP contribution in [0.5, 0.6) is 5.75 Å².